The van der Waals surface area contributed by atoms with E-state index in [0.717, 1.165) is 16.9 Å². The lowest BCUT2D eigenvalue weighted by atomic mass is 10.2. The molecular weight excluding hydrogens is 316 g/mol. The van der Waals surface area contributed by atoms with Gasteiger partial charge < -0.3 is 9.30 Å². The molecule has 0 radical (unpaired) electrons. The Morgan fingerprint density at radius 3 is 3.00 bits per heavy atom. The SMILES string of the molecule is Cc1cccn2c(CC(=O)N3CC[C@H](CS(N)(=O)=O)C3)cnc12. The number of primary sulfonamides is 1. The number of nitrogens with zero attached hydrogens (tertiary/aromatic N) is 3. The first kappa shape index (κ1) is 15.9. The number of imidazole rings is 1. The molecule has 0 aromatic carbocycles. The van der Waals surface area contributed by atoms with Crippen LogP contribution in [0, 0.1) is 12.8 Å². The van der Waals surface area contributed by atoms with Crippen LogP contribution in [0.5, 0.6) is 0 Å². The molecule has 2 aromatic rings. The molecule has 7 nitrogen and oxygen atoms in total. The average molecular weight is 336 g/mol. The van der Waals surface area contributed by atoms with E-state index >= 15 is 0 Å². The fourth-order valence-corrected chi connectivity index (χ4v) is 4.05. The van der Waals surface area contributed by atoms with Crippen molar-refractivity contribution in [2.24, 2.45) is 11.1 Å². The van der Waals surface area contributed by atoms with Crippen LogP contribution in [-0.4, -0.2) is 47.5 Å². The second kappa shape index (κ2) is 5.93. The van der Waals surface area contributed by atoms with Crippen LogP contribution in [0.15, 0.2) is 24.5 Å². The molecule has 1 saturated heterocycles. The van der Waals surface area contributed by atoms with Crippen LogP contribution in [0.2, 0.25) is 0 Å². The van der Waals surface area contributed by atoms with Gasteiger partial charge in [0, 0.05) is 25.5 Å². The van der Waals surface area contributed by atoms with Crippen LogP contribution in [0.25, 0.3) is 5.65 Å². The summed E-state index contributed by atoms with van der Waals surface area (Å²) in [6, 6.07) is 3.91. The van der Waals surface area contributed by atoms with Gasteiger partial charge in [-0.15, -0.1) is 0 Å². The summed E-state index contributed by atoms with van der Waals surface area (Å²) >= 11 is 0. The zero-order valence-corrected chi connectivity index (χ0v) is 13.8. The number of sulfonamides is 1. The van der Waals surface area contributed by atoms with E-state index in [2.05, 4.69) is 4.98 Å². The maximum absolute atomic E-state index is 12.5. The Hall–Kier alpha value is -1.93. The van der Waals surface area contributed by atoms with Crippen molar-refractivity contribution in [2.45, 2.75) is 19.8 Å². The highest BCUT2D eigenvalue weighted by molar-refractivity contribution is 7.89. The standard InChI is InChI=1S/C15H20N4O3S/c1-11-3-2-5-19-13(8-17-15(11)19)7-14(20)18-6-4-12(9-18)10-23(16,21)22/h2-3,5,8,12H,4,6-7,9-10H2,1H3,(H2,16,21,22)/t12-/m0/s1. The van der Waals surface area contributed by atoms with E-state index in [1.54, 1.807) is 11.1 Å². The van der Waals surface area contributed by atoms with Crippen LogP contribution >= 0.6 is 0 Å². The van der Waals surface area contributed by atoms with Crippen molar-refractivity contribution < 1.29 is 13.2 Å². The molecule has 0 unspecified atom stereocenters. The highest BCUT2D eigenvalue weighted by atomic mass is 32.2. The third-order valence-corrected chi connectivity index (χ3v) is 5.18. The number of carbonyl (C=O) groups is 1. The number of aryl methyl sites for hydroxylation is 1. The molecule has 1 fully saturated rings. The van der Waals surface area contributed by atoms with E-state index in [4.69, 9.17) is 5.14 Å². The molecule has 23 heavy (non-hydrogen) atoms. The van der Waals surface area contributed by atoms with Gasteiger partial charge in [-0.2, -0.15) is 0 Å². The number of amides is 1. The lowest BCUT2D eigenvalue weighted by Gasteiger charge is -2.16. The molecule has 0 spiro atoms. The molecular formula is C15H20N4O3S. The maximum Gasteiger partial charge on any atom is 0.228 e. The summed E-state index contributed by atoms with van der Waals surface area (Å²) in [5.41, 5.74) is 2.74. The number of likely N-dealkylation sites (tertiary alicyclic amines) is 1. The zero-order valence-electron chi connectivity index (χ0n) is 13.0. The molecule has 1 aliphatic heterocycles. The maximum atomic E-state index is 12.5. The topological polar surface area (TPSA) is 97.8 Å². The Labute approximate surface area is 135 Å². The van der Waals surface area contributed by atoms with E-state index in [0.29, 0.717) is 19.5 Å². The van der Waals surface area contributed by atoms with E-state index < -0.39 is 10.0 Å². The Morgan fingerprint density at radius 1 is 1.48 bits per heavy atom. The van der Waals surface area contributed by atoms with Gasteiger partial charge in [0.15, 0.2) is 0 Å². The fourth-order valence-electron chi connectivity index (χ4n) is 3.12. The summed E-state index contributed by atoms with van der Waals surface area (Å²) in [6.45, 7) is 3.01. The molecule has 2 aromatic heterocycles. The van der Waals surface area contributed by atoms with Crippen molar-refractivity contribution in [3.8, 4) is 0 Å². The average Bonchev–Trinajstić information content (AvgIpc) is 3.05. The molecule has 0 aliphatic carbocycles. The molecule has 1 atom stereocenters. The zero-order chi connectivity index (χ0) is 16.6. The van der Waals surface area contributed by atoms with Gasteiger partial charge >= 0.3 is 0 Å². The van der Waals surface area contributed by atoms with Gasteiger partial charge in [-0.25, -0.2) is 18.5 Å². The molecule has 0 bridgehead atoms. The summed E-state index contributed by atoms with van der Waals surface area (Å²) < 4.78 is 24.2. The first-order valence-corrected chi connectivity index (χ1v) is 9.25. The lowest BCUT2D eigenvalue weighted by molar-refractivity contribution is -0.129. The van der Waals surface area contributed by atoms with Gasteiger partial charge in [-0.1, -0.05) is 6.07 Å². The van der Waals surface area contributed by atoms with Gasteiger partial charge in [0.2, 0.25) is 15.9 Å². The van der Waals surface area contributed by atoms with Crippen molar-refractivity contribution in [3.63, 3.8) is 0 Å². The van der Waals surface area contributed by atoms with Crippen LogP contribution in [0.3, 0.4) is 0 Å². The van der Waals surface area contributed by atoms with Gasteiger partial charge in [0.1, 0.15) is 5.65 Å². The summed E-state index contributed by atoms with van der Waals surface area (Å²) in [7, 11) is -3.49. The molecule has 124 valence electrons. The van der Waals surface area contributed by atoms with Crippen LogP contribution in [0.4, 0.5) is 0 Å². The predicted octanol–water partition coefficient (Wildman–Crippen LogP) is 0.322. The van der Waals surface area contributed by atoms with Gasteiger partial charge in [-0.05, 0) is 30.9 Å². The highest BCUT2D eigenvalue weighted by Gasteiger charge is 2.29. The minimum Gasteiger partial charge on any atom is -0.342 e. The Kier molecular flexibility index (Phi) is 4.11. The second-order valence-corrected chi connectivity index (χ2v) is 7.79. The monoisotopic (exact) mass is 336 g/mol. The third-order valence-electron chi connectivity index (χ3n) is 4.25. The number of fused-ring (bicyclic) bond motifs is 1. The van der Waals surface area contributed by atoms with E-state index in [-0.39, 0.29) is 24.0 Å². The van der Waals surface area contributed by atoms with Crippen molar-refractivity contribution >= 4 is 21.6 Å². The van der Waals surface area contributed by atoms with Crippen LogP contribution in [0.1, 0.15) is 17.7 Å². The van der Waals surface area contributed by atoms with Crippen molar-refractivity contribution in [3.05, 3.63) is 35.8 Å². The molecule has 1 amide bonds. The van der Waals surface area contributed by atoms with Gasteiger partial charge in [0.05, 0.1) is 17.9 Å². The third kappa shape index (κ3) is 3.53. The highest BCUT2D eigenvalue weighted by Crippen LogP contribution is 2.19. The number of aromatic nitrogens is 2. The van der Waals surface area contributed by atoms with E-state index in [1.807, 2.05) is 29.7 Å². The van der Waals surface area contributed by atoms with E-state index in [1.165, 1.54) is 0 Å². The van der Waals surface area contributed by atoms with Crippen LogP contribution in [-0.2, 0) is 21.2 Å². The summed E-state index contributed by atoms with van der Waals surface area (Å²) in [5, 5.41) is 5.08. The second-order valence-electron chi connectivity index (χ2n) is 6.14. The molecule has 8 heteroatoms. The summed E-state index contributed by atoms with van der Waals surface area (Å²) in [5.74, 6) is -0.144. The normalized spacial score (nSPS) is 18.7. The Bertz CT molecular complexity index is 844. The number of rotatable bonds is 4. The molecule has 0 saturated carbocycles. The summed E-state index contributed by atoms with van der Waals surface area (Å²) in [4.78, 5) is 18.5. The first-order chi connectivity index (χ1) is 10.8. The summed E-state index contributed by atoms with van der Waals surface area (Å²) in [6.07, 6.45) is 4.55. The predicted molar refractivity (Wildman–Crippen MR) is 86.3 cm³/mol. The number of nitrogens with two attached hydrogens (primary N) is 1. The van der Waals surface area contributed by atoms with E-state index in [9.17, 15) is 13.2 Å². The minimum absolute atomic E-state index is 0.00905. The number of carbonyl (C=O) groups excluding carboxylic acids is 1. The Morgan fingerprint density at radius 2 is 2.26 bits per heavy atom. The molecule has 3 heterocycles. The number of hydrogen-bond acceptors (Lipinski definition) is 4. The molecule has 2 N–H and O–H groups in total. The fraction of sp³-hybridized carbons (Fsp3) is 0.467. The number of pyridine rings is 1. The first-order valence-electron chi connectivity index (χ1n) is 7.53. The lowest BCUT2D eigenvalue weighted by Crippen LogP contribution is -2.32. The van der Waals surface area contributed by atoms with Crippen molar-refractivity contribution in [1.29, 1.82) is 0 Å². The molecule has 1 aliphatic rings. The smallest absolute Gasteiger partial charge is 0.228 e. The molecule has 3 rings (SSSR count). The minimum atomic E-state index is -3.49. The van der Waals surface area contributed by atoms with Crippen molar-refractivity contribution in [2.75, 3.05) is 18.8 Å². The van der Waals surface area contributed by atoms with Gasteiger partial charge in [0.25, 0.3) is 0 Å². The Balaban J connectivity index is 1.69. The van der Waals surface area contributed by atoms with Crippen molar-refractivity contribution in [1.82, 2.24) is 14.3 Å². The van der Waals surface area contributed by atoms with Crippen LogP contribution < -0.4 is 5.14 Å². The van der Waals surface area contributed by atoms with Gasteiger partial charge in [-0.3, -0.25) is 4.79 Å². The largest absolute Gasteiger partial charge is 0.342 e. The number of hydrogen-bond donors (Lipinski definition) is 1. The quantitative estimate of drug-likeness (QED) is 0.869.